The summed E-state index contributed by atoms with van der Waals surface area (Å²) < 4.78 is 13.0. The van der Waals surface area contributed by atoms with Crippen molar-refractivity contribution < 1.29 is 4.39 Å². The molecule has 0 unspecified atom stereocenters. The highest BCUT2D eigenvalue weighted by atomic mass is 32.1. The minimum absolute atomic E-state index is 0.258. The van der Waals surface area contributed by atoms with E-state index in [9.17, 15) is 4.39 Å². The fourth-order valence-electron chi connectivity index (χ4n) is 1.43. The van der Waals surface area contributed by atoms with Crippen LogP contribution >= 0.6 is 12.6 Å². The van der Waals surface area contributed by atoms with E-state index in [4.69, 9.17) is 0 Å². The SMILES string of the molecule is Fc1cccc(-c2ccnc(CCS)n2)c1. The van der Waals surface area contributed by atoms with Crippen molar-refractivity contribution in [1.29, 1.82) is 0 Å². The van der Waals surface area contributed by atoms with Crippen LogP contribution in [0.15, 0.2) is 36.5 Å². The molecule has 0 aliphatic carbocycles. The van der Waals surface area contributed by atoms with Crippen molar-refractivity contribution >= 4 is 12.6 Å². The zero-order valence-electron chi connectivity index (χ0n) is 8.60. The Hall–Kier alpha value is -1.42. The molecular formula is C12H11FN2S. The molecule has 0 aliphatic rings. The molecule has 1 heterocycles. The van der Waals surface area contributed by atoms with Gasteiger partial charge in [-0.2, -0.15) is 12.6 Å². The van der Waals surface area contributed by atoms with Crippen LogP contribution in [0.25, 0.3) is 11.3 Å². The molecule has 0 saturated heterocycles. The second-order valence-electron chi connectivity index (χ2n) is 3.34. The first-order valence-electron chi connectivity index (χ1n) is 4.98. The van der Waals surface area contributed by atoms with Crippen molar-refractivity contribution in [3.8, 4) is 11.3 Å². The molecule has 16 heavy (non-hydrogen) atoms. The van der Waals surface area contributed by atoms with Crippen molar-refractivity contribution in [1.82, 2.24) is 9.97 Å². The lowest BCUT2D eigenvalue weighted by molar-refractivity contribution is 0.628. The molecule has 0 atom stereocenters. The quantitative estimate of drug-likeness (QED) is 0.826. The Labute approximate surface area is 99.0 Å². The van der Waals surface area contributed by atoms with E-state index in [1.54, 1.807) is 18.3 Å². The fraction of sp³-hybridized carbons (Fsp3) is 0.167. The van der Waals surface area contributed by atoms with Crippen LogP contribution in [0.3, 0.4) is 0 Å². The molecule has 0 fully saturated rings. The van der Waals surface area contributed by atoms with Gasteiger partial charge in [0.1, 0.15) is 11.6 Å². The van der Waals surface area contributed by atoms with Gasteiger partial charge in [0, 0.05) is 18.2 Å². The Morgan fingerprint density at radius 2 is 2.12 bits per heavy atom. The van der Waals surface area contributed by atoms with Crippen LogP contribution in [-0.4, -0.2) is 15.7 Å². The standard InChI is InChI=1S/C12H11FN2S/c13-10-3-1-2-9(8-10)11-4-6-14-12(15-11)5-7-16/h1-4,6,8,16H,5,7H2. The maximum absolute atomic E-state index is 13.0. The first-order valence-corrected chi connectivity index (χ1v) is 5.61. The number of aromatic nitrogens is 2. The molecular weight excluding hydrogens is 223 g/mol. The number of benzene rings is 1. The van der Waals surface area contributed by atoms with E-state index in [2.05, 4.69) is 22.6 Å². The van der Waals surface area contributed by atoms with Gasteiger partial charge in [0.25, 0.3) is 0 Å². The molecule has 1 aromatic carbocycles. The summed E-state index contributed by atoms with van der Waals surface area (Å²) in [6, 6.07) is 8.16. The molecule has 0 N–H and O–H groups in total. The Bertz CT molecular complexity index is 488. The van der Waals surface area contributed by atoms with Crippen LogP contribution in [0.2, 0.25) is 0 Å². The molecule has 2 aromatic rings. The largest absolute Gasteiger partial charge is 0.241 e. The maximum Gasteiger partial charge on any atom is 0.129 e. The minimum atomic E-state index is -0.258. The summed E-state index contributed by atoms with van der Waals surface area (Å²) in [5.41, 5.74) is 1.51. The first-order chi connectivity index (χ1) is 7.79. The molecule has 4 heteroatoms. The number of nitrogens with zero attached hydrogens (tertiary/aromatic N) is 2. The molecule has 82 valence electrons. The molecule has 2 rings (SSSR count). The van der Waals surface area contributed by atoms with Crippen molar-refractivity contribution in [2.75, 3.05) is 5.75 Å². The van der Waals surface area contributed by atoms with E-state index in [0.717, 1.165) is 17.1 Å². The van der Waals surface area contributed by atoms with Gasteiger partial charge in [-0.1, -0.05) is 12.1 Å². The van der Waals surface area contributed by atoms with Gasteiger partial charge in [-0.3, -0.25) is 0 Å². The van der Waals surface area contributed by atoms with E-state index < -0.39 is 0 Å². The van der Waals surface area contributed by atoms with Crippen molar-refractivity contribution in [2.24, 2.45) is 0 Å². The third-order valence-electron chi connectivity index (χ3n) is 2.16. The third-order valence-corrected chi connectivity index (χ3v) is 2.38. The predicted octanol–water partition coefficient (Wildman–Crippen LogP) is 2.76. The average molecular weight is 234 g/mol. The summed E-state index contributed by atoms with van der Waals surface area (Å²) in [6.07, 6.45) is 2.40. The lowest BCUT2D eigenvalue weighted by Gasteiger charge is -2.02. The Balaban J connectivity index is 2.36. The smallest absolute Gasteiger partial charge is 0.129 e. The minimum Gasteiger partial charge on any atom is -0.241 e. The van der Waals surface area contributed by atoms with Gasteiger partial charge in [-0.15, -0.1) is 0 Å². The summed E-state index contributed by atoms with van der Waals surface area (Å²) in [7, 11) is 0. The van der Waals surface area contributed by atoms with Crippen molar-refractivity contribution in [3.63, 3.8) is 0 Å². The Morgan fingerprint density at radius 1 is 1.25 bits per heavy atom. The van der Waals surface area contributed by atoms with Gasteiger partial charge in [0.15, 0.2) is 0 Å². The van der Waals surface area contributed by atoms with Crippen LogP contribution in [0.5, 0.6) is 0 Å². The number of hydrogen-bond acceptors (Lipinski definition) is 3. The van der Waals surface area contributed by atoms with Crippen LogP contribution in [0.4, 0.5) is 4.39 Å². The van der Waals surface area contributed by atoms with E-state index in [1.807, 2.05) is 6.07 Å². The monoisotopic (exact) mass is 234 g/mol. The number of halogens is 1. The van der Waals surface area contributed by atoms with Crippen molar-refractivity contribution in [3.05, 3.63) is 48.2 Å². The lowest BCUT2D eigenvalue weighted by Crippen LogP contribution is -1.97. The van der Waals surface area contributed by atoms with Crippen LogP contribution in [0, 0.1) is 5.82 Å². The Morgan fingerprint density at radius 3 is 2.88 bits per heavy atom. The molecule has 0 spiro atoms. The van der Waals surface area contributed by atoms with E-state index >= 15 is 0 Å². The highest BCUT2D eigenvalue weighted by Crippen LogP contribution is 2.17. The van der Waals surface area contributed by atoms with Crippen molar-refractivity contribution in [2.45, 2.75) is 6.42 Å². The van der Waals surface area contributed by atoms with E-state index in [-0.39, 0.29) is 5.82 Å². The topological polar surface area (TPSA) is 25.8 Å². The molecule has 0 aliphatic heterocycles. The zero-order valence-corrected chi connectivity index (χ0v) is 9.49. The van der Waals surface area contributed by atoms with Gasteiger partial charge >= 0.3 is 0 Å². The van der Waals surface area contributed by atoms with Crippen LogP contribution in [0.1, 0.15) is 5.82 Å². The fourth-order valence-corrected chi connectivity index (χ4v) is 1.63. The number of hydrogen-bond donors (Lipinski definition) is 1. The summed E-state index contributed by atoms with van der Waals surface area (Å²) in [5.74, 6) is 1.18. The molecule has 0 amide bonds. The third kappa shape index (κ3) is 2.58. The molecule has 0 radical (unpaired) electrons. The second kappa shape index (κ2) is 5.07. The molecule has 0 bridgehead atoms. The summed E-state index contributed by atoms with van der Waals surface area (Å²) in [4.78, 5) is 8.47. The van der Waals surface area contributed by atoms with Gasteiger partial charge in [-0.25, -0.2) is 14.4 Å². The summed E-state index contributed by atoms with van der Waals surface area (Å²) >= 11 is 4.13. The van der Waals surface area contributed by atoms with Gasteiger partial charge in [0.2, 0.25) is 0 Å². The highest BCUT2D eigenvalue weighted by Gasteiger charge is 2.02. The van der Waals surface area contributed by atoms with Crippen LogP contribution in [-0.2, 0) is 6.42 Å². The average Bonchev–Trinajstić information content (AvgIpc) is 2.30. The van der Waals surface area contributed by atoms with Crippen LogP contribution < -0.4 is 0 Å². The zero-order chi connectivity index (χ0) is 11.4. The first kappa shape index (κ1) is 11.1. The van der Waals surface area contributed by atoms with Gasteiger partial charge in [-0.05, 0) is 24.0 Å². The maximum atomic E-state index is 13.0. The van der Waals surface area contributed by atoms with E-state index in [0.29, 0.717) is 12.2 Å². The number of thiol groups is 1. The predicted molar refractivity (Wildman–Crippen MR) is 65.0 cm³/mol. The Kier molecular flexibility index (Phi) is 3.51. The van der Waals surface area contributed by atoms with Gasteiger partial charge in [0.05, 0.1) is 5.69 Å². The van der Waals surface area contributed by atoms with Gasteiger partial charge < -0.3 is 0 Å². The molecule has 0 saturated carbocycles. The number of aryl methyl sites for hydroxylation is 1. The normalized spacial score (nSPS) is 10.4. The summed E-state index contributed by atoms with van der Waals surface area (Å²) in [6.45, 7) is 0. The summed E-state index contributed by atoms with van der Waals surface area (Å²) in [5, 5.41) is 0. The van der Waals surface area contributed by atoms with E-state index in [1.165, 1.54) is 12.1 Å². The highest BCUT2D eigenvalue weighted by molar-refractivity contribution is 7.80. The second-order valence-corrected chi connectivity index (χ2v) is 3.79. The number of rotatable bonds is 3. The lowest BCUT2D eigenvalue weighted by atomic mass is 10.1. The molecule has 2 nitrogen and oxygen atoms in total. The molecule has 1 aromatic heterocycles.